The molecule has 3 nitrogen and oxygen atoms in total. The average molecular weight is 308 g/mol. The molecular weight excluding hydrogens is 280 g/mol. The normalized spacial score (nSPS) is 31.0. The Kier molecular flexibility index (Phi) is 3.72. The topological polar surface area (TPSA) is 38.5 Å². The predicted molar refractivity (Wildman–Crippen MR) is 88.5 cm³/mol. The van der Waals surface area contributed by atoms with E-state index in [2.05, 4.69) is 50.1 Å². The molecule has 0 spiro atoms. The van der Waals surface area contributed by atoms with Gasteiger partial charge in [0.25, 0.3) is 0 Å². The smallest absolute Gasteiger partial charge is 0.0830 e. The van der Waals surface area contributed by atoms with Crippen molar-refractivity contribution in [2.75, 3.05) is 6.54 Å². The molecule has 2 fully saturated rings. The number of hydrogen-bond donors (Lipinski definition) is 1. The highest BCUT2D eigenvalue weighted by Gasteiger charge is 2.61. The third-order valence-corrected chi connectivity index (χ3v) is 6.01. The molecule has 1 saturated carbocycles. The summed E-state index contributed by atoms with van der Waals surface area (Å²) >= 11 is 1.84. The molecule has 1 aliphatic heterocycles. The Morgan fingerprint density at radius 1 is 1.33 bits per heavy atom. The highest BCUT2D eigenvalue weighted by atomic mass is 32.1. The Bertz CT molecular complexity index is 493. The molecule has 2 N–H and O–H groups in total. The minimum absolute atomic E-state index is 0.0678. The van der Waals surface area contributed by atoms with Crippen LogP contribution in [-0.2, 0) is 11.3 Å². The Labute approximate surface area is 132 Å². The van der Waals surface area contributed by atoms with E-state index in [0.717, 1.165) is 13.0 Å². The maximum Gasteiger partial charge on any atom is 0.0830 e. The molecule has 2 aliphatic rings. The molecule has 2 heterocycles. The van der Waals surface area contributed by atoms with Crippen molar-refractivity contribution >= 4 is 11.3 Å². The van der Waals surface area contributed by atoms with E-state index in [4.69, 9.17) is 10.5 Å². The number of thiophene rings is 1. The Morgan fingerprint density at radius 2 is 2.05 bits per heavy atom. The summed E-state index contributed by atoms with van der Waals surface area (Å²) in [7, 11) is 0. The molecule has 4 heteroatoms. The average Bonchev–Trinajstić information content (AvgIpc) is 3.03. The second-order valence-electron chi connectivity index (χ2n) is 7.72. The summed E-state index contributed by atoms with van der Waals surface area (Å²) < 4.78 is 6.40. The predicted octanol–water partition coefficient (Wildman–Crippen LogP) is 3.39. The first kappa shape index (κ1) is 15.5. The SMILES string of the molecule is CC1(C)CC(CN)(N(Cc2cccs2)C2CC2)C(C)(C)O1. The van der Waals surface area contributed by atoms with Crippen LogP contribution in [-0.4, -0.2) is 34.2 Å². The summed E-state index contributed by atoms with van der Waals surface area (Å²) in [4.78, 5) is 4.09. The van der Waals surface area contributed by atoms with Gasteiger partial charge >= 0.3 is 0 Å². The molecule has 21 heavy (non-hydrogen) atoms. The van der Waals surface area contributed by atoms with E-state index in [-0.39, 0.29) is 16.7 Å². The van der Waals surface area contributed by atoms with Crippen LogP contribution in [0.1, 0.15) is 51.8 Å². The molecule has 1 unspecified atom stereocenters. The second kappa shape index (κ2) is 5.05. The van der Waals surface area contributed by atoms with Crippen molar-refractivity contribution in [1.82, 2.24) is 4.90 Å². The third-order valence-electron chi connectivity index (χ3n) is 5.15. The van der Waals surface area contributed by atoms with Crippen LogP contribution in [0.3, 0.4) is 0 Å². The second-order valence-corrected chi connectivity index (χ2v) is 8.76. The van der Waals surface area contributed by atoms with Crippen molar-refractivity contribution < 1.29 is 4.74 Å². The third kappa shape index (κ3) is 2.67. The molecular formula is C17H28N2OS. The number of nitrogens with two attached hydrogens (primary N) is 1. The Hall–Kier alpha value is -0.420. The first-order valence-corrected chi connectivity index (χ1v) is 8.87. The Balaban J connectivity index is 1.95. The highest BCUT2D eigenvalue weighted by Crippen LogP contribution is 2.51. The van der Waals surface area contributed by atoms with Crippen LogP contribution in [0.5, 0.6) is 0 Å². The van der Waals surface area contributed by atoms with E-state index in [1.807, 2.05) is 11.3 Å². The van der Waals surface area contributed by atoms with E-state index in [0.29, 0.717) is 12.6 Å². The molecule has 1 saturated heterocycles. The largest absolute Gasteiger partial charge is 0.368 e. The van der Waals surface area contributed by atoms with Crippen molar-refractivity contribution in [1.29, 1.82) is 0 Å². The summed E-state index contributed by atoms with van der Waals surface area (Å²) in [5, 5.41) is 2.16. The monoisotopic (exact) mass is 308 g/mol. The Morgan fingerprint density at radius 3 is 2.48 bits per heavy atom. The quantitative estimate of drug-likeness (QED) is 0.906. The minimum atomic E-state index is -0.217. The van der Waals surface area contributed by atoms with Gasteiger partial charge < -0.3 is 10.5 Å². The fraction of sp³-hybridized carbons (Fsp3) is 0.765. The van der Waals surface area contributed by atoms with Crippen LogP contribution in [0, 0.1) is 0 Å². The van der Waals surface area contributed by atoms with Gasteiger partial charge in [-0.1, -0.05) is 6.07 Å². The van der Waals surface area contributed by atoms with Crippen molar-refractivity contribution in [3.8, 4) is 0 Å². The zero-order chi connectivity index (χ0) is 15.3. The van der Waals surface area contributed by atoms with Crippen LogP contribution in [0.25, 0.3) is 0 Å². The highest BCUT2D eigenvalue weighted by molar-refractivity contribution is 7.09. The first-order chi connectivity index (χ1) is 9.80. The van der Waals surface area contributed by atoms with Crippen molar-refractivity contribution in [3.05, 3.63) is 22.4 Å². The molecule has 118 valence electrons. The number of rotatable bonds is 5. The van der Waals surface area contributed by atoms with Gasteiger partial charge in [-0.3, -0.25) is 4.90 Å². The zero-order valence-electron chi connectivity index (χ0n) is 13.7. The van der Waals surface area contributed by atoms with Gasteiger partial charge in [-0.2, -0.15) is 0 Å². The summed E-state index contributed by atoms with van der Waals surface area (Å²) in [5.41, 5.74) is 5.95. The summed E-state index contributed by atoms with van der Waals surface area (Å²) in [6.45, 7) is 10.5. The van der Waals surface area contributed by atoms with Crippen molar-refractivity contribution in [2.24, 2.45) is 5.73 Å². The molecule has 1 aromatic rings. The summed E-state index contributed by atoms with van der Waals surface area (Å²) in [6, 6.07) is 5.05. The van der Waals surface area contributed by atoms with E-state index >= 15 is 0 Å². The van der Waals surface area contributed by atoms with E-state index in [1.54, 1.807) is 0 Å². The molecule has 3 rings (SSSR count). The summed E-state index contributed by atoms with van der Waals surface area (Å²) in [6.07, 6.45) is 3.60. The van der Waals surface area contributed by atoms with Crippen LogP contribution in [0.2, 0.25) is 0 Å². The molecule has 0 radical (unpaired) electrons. The lowest BCUT2D eigenvalue weighted by molar-refractivity contribution is -0.107. The van der Waals surface area contributed by atoms with Gasteiger partial charge in [0.05, 0.1) is 16.7 Å². The fourth-order valence-corrected chi connectivity index (χ4v) is 4.91. The van der Waals surface area contributed by atoms with Gasteiger partial charge in [0.15, 0.2) is 0 Å². The van der Waals surface area contributed by atoms with E-state index in [9.17, 15) is 0 Å². The molecule has 1 aromatic heterocycles. The fourth-order valence-electron chi connectivity index (χ4n) is 4.21. The van der Waals surface area contributed by atoms with Gasteiger partial charge in [-0.15, -0.1) is 11.3 Å². The van der Waals surface area contributed by atoms with Gasteiger partial charge in [-0.25, -0.2) is 0 Å². The van der Waals surface area contributed by atoms with Gasteiger partial charge in [0, 0.05) is 24.0 Å². The minimum Gasteiger partial charge on any atom is -0.368 e. The molecule has 1 atom stereocenters. The number of hydrogen-bond acceptors (Lipinski definition) is 4. The van der Waals surface area contributed by atoms with Crippen molar-refractivity contribution in [2.45, 2.75) is 76.3 Å². The lowest BCUT2D eigenvalue weighted by Gasteiger charge is -2.48. The lowest BCUT2D eigenvalue weighted by Crippen LogP contribution is -2.63. The standard InChI is InChI=1S/C17H28N2OS/c1-15(2)11-17(12-18,16(3,4)20-15)19(13-7-8-13)10-14-6-5-9-21-14/h5-6,9,13H,7-8,10-12,18H2,1-4H3. The molecule has 0 amide bonds. The van der Waals surface area contributed by atoms with Gasteiger partial charge in [0.2, 0.25) is 0 Å². The zero-order valence-corrected chi connectivity index (χ0v) is 14.5. The van der Waals surface area contributed by atoms with Gasteiger partial charge in [-0.05, 0) is 58.4 Å². The molecule has 0 aromatic carbocycles. The van der Waals surface area contributed by atoms with Crippen LogP contribution < -0.4 is 5.73 Å². The maximum absolute atomic E-state index is 6.40. The number of nitrogens with zero attached hydrogens (tertiary/aromatic N) is 1. The number of ether oxygens (including phenoxy) is 1. The van der Waals surface area contributed by atoms with E-state index in [1.165, 1.54) is 17.7 Å². The van der Waals surface area contributed by atoms with Crippen LogP contribution in [0.4, 0.5) is 0 Å². The molecule has 0 bridgehead atoms. The first-order valence-electron chi connectivity index (χ1n) is 7.99. The maximum atomic E-state index is 6.40. The lowest BCUT2D eigenvalue weighted by atomic mass is 9.77. The molecule has 1 aliphatic carbocycles. The van der Waals surface area contributed by atoms with E-state index < -0.39 is 0 Å². The van der Waals surface area contributed by atoms with Crippen LogP contribution in [0.15, 0.2) is 17.5 Å². The van der Waals surface area contributed by atoms with Crippen LogP contribution >= 0.6 is 11.3 Å². The summed E-state index contributed by atoms with van der Waals surface area (Å²) in [5.74, 6) is 0. The van der Waals surface area contributed by atoms with Crippen molar-refractivity contribution in [3.63, 3.8) is 0 Å². The van der Waals surface area contributed by atoms with Gasteiger partial charge in [0.1, 0.15) is 0 Å².